The average molecular weight is 316 g/mol. The van der Waals surface area contributed by atoms with Crippen molar-refractivity contribution in [3.8, 4) is 0 Å². The SMILES string of the molecule is Cc1oc(C)c(S(=O)(=O)NC2CCCCC2N)c1C(=O)O. The highest BCUT2D eigenvalue weighted by Crippen LogP contribution is 2.28. The molecule has 2 atom stereocenters. The van der Waals surface area contributed by atoms with Gasteiger partial charge >= 0.3 is 5.97 Å². The molecule has 4 N–H and O–H groups in total. The second-order valence-corrected chi connectivity index (χ2v) is 7.05. The van der Waals surface area contributed by atoms with Crippen molar-refractivity contribution in [3.05, 3.63) is 17.1 Å². The number of nitrogens with one attached hydrogen (secondary N) is 1. The minimum absolute atomic E-state index is 0.0711. The van der Waals surface area contributed by atoms with Crippen LogP contribution in [0, 0.1) is 13.8 Å². The van der Waals surface area contributed by atoms with Crippen molar-refractivity contribution in [3.63, 3.8) is 0 Å². The lowest BCUT2D eigenvalue weighted by atomic mass is 9.92. The molecule has 0 amide bonds. The monoisotopic (exact) mass is 316 g/mol. The Kier molecular flexibility index (Phi) is 4.40. The molecule has 21 heavy (non-hydrogen) atoms. The first-order valence-corrected chi connectivity index (χ1v) is 8.33. The van der Waals surface area contributed by atoms with Crippen LogP contribution >= 0.6 is 0 Å². The van der Waals surface area contributed by atoms with E-state index in [1.807, 2.05) is 0 Å². The Bertz CT molecular complexity index is 650. The topological polar surface area (TPSA) is 123 Å². The summed E-state index contributed by atoms with van der Waals surface area (Å²) in [6.07, 6.45) is 3.28. The first-order valence-electron chi connectivity index (χ1n) is 6.85. The summed E-state index contributed by atoms with van der Waals surface area (Å²) in [6.45, 7) is 2.87. The molecule has 1 aromatic heterocycles. The molecule has 1 saturated carbocycles. The van der Waals surface area contributed by atoms with E-state index in [4.69, 9.17) is 10.2 Å². The van der Waals surface area contributed by atoms with Gasteiger partial charge in [-0.1, -0.05) is 12.8 Å². The standard InChI is InChI=1S/C13H20N2O5S/c1-7-11(13(16)17)12(8(2)20-7)21(18,19)15-10-6-4-3-5-9(10)14/h9-10,15H,3-6,14H2,1-2H3,(H,16,17). The Labute approximate surface area is 123 Å². The Hall–Kier alpha value is -1.38. The van der Waals surface area contributed by atoms with Gasteiger partial charge in [0.15, 0.2) is 0 Å². The highest BCUT2D eigenvalue weighted by Gasteiger charge is 2.34. The summed E-state index contributed by atoms with van der Waals surface area (Å²) in [5, 5.41) is 9.20. The van der Waals surface area contributed by atoms with Crippen molar-refractivity contribution in [2.75, 3.05) is 0 Å². The summed E-state index contributed by atoms with van der Waals surface area (Å²) in [5.41, 5.74) is 5.62. The molecular formula is C13H20N2O5S. The van der Waals surface area contributed by atoms with E-state index in [0.29, 0.717) is 6.42 Å². The third kappa shape index (κ3) is 3.12. The van der Waals surface area contributed by atoms with Crippen molar-refractivity contribution < 1.29 is 22.7 Å². The molecule has 1 aliphatic rings. The highest BCUT2D eigenvalue weighted by atomic mass is 32.2. The number of hydrogen-bond donors (Lipinski definition) is 3. The molecule has 7 nitrogen and oxygen atoms in total. The lowest BCUT2D eigenvalue weighted by Gasteiger charge is -2.29. The summed E-state index contributed by atoms with van der Waals surface area (Å²) in [4.78, 5) is 11.0. The van der Waals surface area contributed by atoms with Crippen molar-refractivity contribution in [2.24, 2.45) is 5.73 Å². The number of rotatable bonds is 4. The van der Waals surface area contributed by atoms with Crippen LogP contribution in [0.25, 0.3) is 0 Å². The summed E-state index contributed by atoms with van der Waals surface area (Å²) < 4.78 is 32.7. The first kappa shape index (κ1) is 16.0. The maximum atomic E-state index is 12.5. The van der Waals surface area contributed by atoms with E-state index < -0.39 is 16.0 Å². The van der Waals surface area contributed by atoms with Crippen LogP contribution in [0.15, 0.2) is 9.31 Å². The molecular weight excluding hydrogens is 296 g/mol. The van der Waals surface area contributed by atoms with Gasteiger partial charge in [0.25, 0.3) is 0 Å². The summed E-state index contributed by atoms with van der Waals surface area (Å²) in [6, 6.07) is -0.630. The van der Waals surface area contributed by atoms with Gasteiger partial charge in [-0.25, -0.2) is 17.9 Å². The molecule has 1 fully saturated rings. The number of carboxylic acid groups (broad SMARTS) is 1. The van der Waals surface area contributed by atoms with Crippen LogP contribution in [0.2, 0.25) is 0 Å². The van der Waals surface area contributed by atoms with Crippen LogP contribution in [0.3, 0.4) is 0 Å². The van der Waals surface area contributed by atoms with Crippen LogP contribution in [-0.4, -0.2) is 31.6 Å². The molecule has 2 rings (SSSR count). The predicted octanol–water partition coefficient (Wildman–Crippen LogP) is 1.14. The number of furan rings is 1. The predicted molar refractivity (Wildman–Crippen MR) is 75.7 cm³/mol. The molecule has 0 aromatic carbocycles. The maximum Gasteiger partial charge on any atom is 0.340 e. The lowest BCUT2D eigenvalue weighted by Crippen LogP contribution is -2.49. The molecule has 0 aliphatic heterocycles. The zero-order valence-corrected chi connectivity index (χ0v) is 12.9. The Morgan fingerprint density at radius 2 is 1.90 bits per heavy atom. The zero-order valence-electron chi connectivity index (χ0n) is 12.0. The quantitative estimate of drug-likeness (QED) is 0.765. The molecule has 118 valence electrons. The van der Waals surface area contributed by atoms with Crippen LogP contribution < -0.4 is 10.5 Å². The molecule has 8 heteroatoms. The van der Waals surface area contributed by atoms with E-state index in [2.05, 4.69) is 4.72 Å². The number of carbonyl (C=O) groups is 1. The van der Waals surface area contributed by atoms with Gasteiger partial charge in [-0.05, 0) is 26.7 Å². The summed E-state index contributed by atoms with van der Waals surface area (Å²) in [5.74, 6) is -1.17. The van der Waals surface area contributed by atoms with Gasteiger partial charge < -0.3 is 15.3 Å². The fraction of sp³-hybridized carbons (Fsp3) is 0.615. The Morgan fingerprint density at radius 3 is 2.48 bits per heavy atom. The fourth-order valence-electron chi connectivity index (χ4n) is 2.80. The second kappa shape index (κ2) is 5.78. The van der Waals surface area contributed by atoms with E-state index in [0.717, 1.165) is 19.3 Å². The molecule has 0 spiro atoms. The fourth-order valence-corrected chi connectivity index (χ4v) is 4.53. The molecule has 2 unspecified atom stereocenters. The van der Waals surface area contributed by atoms with Crippen molar-refractivity contribution in [1.29, 1.82) is 0 Å². The van der Waals surface area contributed by atoms with Gasteiger partial charge in [-0.15, -0.1) is 0 Å². The number of nitrogens with two attached hydrogens (primary N) is 1. The molecule has 1 aromatic rings. The number of hydrogen-bond acceptors (Lipinski definition) is 5. The number of carboxylic acids is 1. The van der Waals surface area contributed by atoms with E-state index in [-0.39, 0.29) is 34.1 Å². The van der Waals surface area contributed by atoms with Crippen LogP contribution in [0.1, 0.15) is 47.6 Å². The van der Waals surface area contributed by atoms with E-state index in [1.165, 1.54) is 13.8 Å². The van der Waals surface area contributed by atoms with Gasteiger partial charge in [0, 0.05) is 12.1 Å². The average Bonchev–Trinajstić information content (AvgIpc) is 2.67. The third-order valence-corrected chi connectivity index (χ3v) is 5.46. The summed E-state index contributed by atoms with van der Waals surface area (Å²) in [7, 11) is -3.98. The van der Waals surface area contributed by atoms with Crippen LogP contribution in [0.5, 0.6) is 0 Å². The third-order valence-electron chi connectivity index (χ3n) is 3.81. The molecule has 1 aliphatic carbocycles. The van der Waals surface area contributed by atoms with E-state index >= 15 is 0 Å². The maximum absolute atomic E-state index is 12.5. The smallest absolute Gasteiger partial charge is 0.340 e. The second-order valence-electron chi connectivity index (χ2n) is 5.40. The number of aromatic carboxylic acids is 1. The Morgan fingerprint density at radius 1 is 1.29 bits per heavy atom. The molecule has 0 saturated heterocycles. The molecule has 0 bridgehead atoms. The lowest BCUT2D eigenvalue weighted by molar-refractivity contribution is 0.0691. The zero-order chi connectivity index (χ0) is 15.8. The minimum atomic E-state index is -3.98. The van der Waals surface area contributed by atoms with Gasteiger partial charge in [-0.3, -0.25) is 0 Å². The number of aryl methyl sites for hydroxylation is 2. The summed E-state index contributed by atoms with van der Waals surface area (Å²) >= 11 is 0. The normalized spacial score (nSPS) is 23.2. The van der Waals surface area contributed by atoms with Gasteiger partial charge in [-0.2, -0.15) is 0 Å². The first-order chi connectivity index (χ1) is 9.74. The molecule has 0 radical (unpaired) electrons. The van der Waals surface area contributed by atoms with Crippen LogP contribution in [-0.2, 0) is 10.0 Å². The largest absolute Gasteiger partial charge is 0.478 e. The van der Waals surface area contributed by atoms with Gasteiger partial charge in [0.2, 0.25) is 10.0 Å². The highest BCUT2D eigenvalue weighted by molar-refractivity contribution is 7.89. The van der Waals surface area contributed by atoms with E-state index in [9.17, 15) is 18.3 Å². The van der Waals surface area contributed by atoms with Gasteiger partial charge in [0.1, 0.15) is 22.0 Å². The molecule has 1 heterocycles. The van der Waals surface area contributed by atoms with Crippen molar-refractivity contribution in [2.45, 2.75) is 56.5 Å². The minimum Gasteiger partial charge on any atom is -0.478 e. The Balaban J connectivity index is 2.38. The van der Waals surface area contributed by atoms with Crippen molar-refractivity contribution >= 4 is 16.0 Å². The van der Waals surface area contributed by atoms with E-state index in [1.54, 1.807) is 0 Å². The van der Waals surface area contributed by atoms with Crippen LogP contribution in [0.4, 0.5) is 0 Å². The van der Waals surface area contributed by atoms with Crippen molar-refractivity contribution in [1.82, 2.24) is 4.72 Å². The van der Waals surface area contributed by atoms with Gasteiger partial charge in [0.05, 0.1) is 0 Å². The number of sulfonamides is 1.